The van der Waals surface area contributed by atoms with E-state index in [1.165, 1.54) is 7.11 Å². The zero-order valence-electron chi connectivity index (χ0n) is 13.4. The van der Waals surface area contributed by atoms with Crippen LogP contribution in [0.25, 0.3) is 0 Å². The fourth-order valence-electron chi connectivity index (χ4n) is 2.47. The van der Waals surface area contributed by atoms with Crippen molar-refractivity contribution in [2.45, 2.75) is 25.8 Å². The number of esters is 1. The van der Waals surface area contributed by atoms with Crippen LogP contribution < -0.4 is 15.4 Å². The number of methoxy groups -OCH3 is 1. The maximum Gasteiger partial charge on any atom is 0.319 e. The lowest BCUT2D eigenvalue weighted by molar-refractivity contribution is -0.145. The van der Waals surface area contributed by atoms with Crippen molar-refractivity contribution in [2.75, 3.05) is 13.7 Å². The van der Waals surface area contributed by atoms with Gasteiger partial charge in [-0.15, -0.1) is 0 Å². The zero-order chi connectivity index (χ0) is 16.8. The van der Waals surface area contributed by atoms with Gasteiger partial charge in [0.05, 0.1) is 19.8 Å². The smallest absolute Gasteiger partial charge is 0.319 e. The molecule has 2 rings (SSSR count). The highest BCUT2D eigenvalue weighted by Crippen LogP contribution is 2.31. The van der Waals surface area contributed by atoms with E-state index in [4.69, 9.17) is 9.47 Å². The number of carbonyl (C=O) groups excluding carboxylic acids is 2. The molecule has 1 fully saturated rings. The summed E-state index contributed by atoms with van der Waals surface area (Å²) in [7, 11) is 1.31. The van der Waals surface area contributed by atoms with Gasteiger partial charge in [0.2, 0.25) is 0 Å². The molecule has 124 valence electrons. The maximum absolute atomic E-state index is 12.0. The largest absolute Gasteiger partial charge is 0.494 e. The number of hydrogen-bond donors (Lipinski definition) is 2. The zero-order valence-corrected chi connectivity index (χ0v) is 13.4. The first kappa shape index (κ1) is 16.9. The van der Waals surface area contributed by atoms with Crippen molar-refractivity contribution in [1.29, 1.82) is 0 Å². The van der Waals surface area contributed by atoms with E-state index in [0.717, 1.165) is 24.2 Å². The Morgan fingerprint density at radius 3 is 2.61 bits per heavy atom. The fourth-order valence-corrected chi connectivity index (χ4v) is 2.47. The second kappa shape index (κ2) is 7.67. The van der Waals surface area contributed by atoms with Gasteiger partial charge in [0, 0.05) is 5.70 Å². The molecular weight excluding hydrogens is 296 g/mol. The molecule has 2 amide bonds. The van der Waals surface area contributed by atoms with Gasteiger partial charge in [-0.2, -0.15) is 0 Å². The molecule has 0 spiro atoms. The van der Waals surface area contributed by atoms with Crippen molar-refractivity contribution in [2.24, 2.45) is 5.92 Å². The van der Waals surface area contributed by atoms with Crippen LogP contribution in [0.5, 0.6) is 5.75 Å². The molecule has 6 heteroatoms. The molecule has 1 aliphatic rings. The molecule has 1 heterocycles. The number of rotatable bonds is 6. The molecule has 0 aromatic heterocycles. The second-order valence-electron chi connectivity index (χ2n) is 5.37. The number of ether oxygens (including phenoxy) is 2. The number of carbonyl (C=O) groups is 2. The van der Waals surface area contributed by atoms with E-state index < -0.39 is 17.9 Å². The monoisotopic (exact) mass is 318 g/mol. The lowest BCUT2D eigenvalue weighted by Crippen LogP contribution is -2.50. The van der Waals surface area contributed by atoms with Gasteiger partial charge in [0.15, 0.2) is 0 Å². The fraction of sp³-hybridized carbons (Fsp3) is 0.412. The normalized spacial score (nSPS) is 20.4. The van der Waals surface area contributed by atoms with E-state index in [2.05, 4.69) is 24.1 Å². The highest BCUT2D eigenvalue weighted by atomic mass is 16.5. The van der Waals surface area contributed by atoms with E-state index in [1.54, 1.807) is 0 Å². The van der Waals surface area contributed by atoms with Gasteiger partial charge >= 0.3 is 12.0 Å². The molecule has 2 N–H and O–H groups in total. The molecule has 23 heavy (non-hydrogen) atoms. The quantitative estimate of drug-likeness (QED) is 0.624. The van der Waals surface area contributed by atoms with Crippen LogP contribution in [-0.4, -0.2) is 25.7 Å². The molecular formula is C17H22N2O4. The summed E-state index contributed by atoms with van der Waals surface area (Å²) in [5, 5.41) is 5.27. The van der Waals surface area contributed by atoms with Gasteiger partial charge in [0.1, 0.15) is 11.7 Å². The van der Waals surface area contributed by atoms with E-state index in [9.17, 15) is 9.59 Å². The minimum atomic E-state index is -0.676. The summed E-state index contributed by atoms with van der Waals surface area (Å²) in [6.45, 7) is 6.53. The first-order valence-corrected chi connectivity index (χ1v) is 7.63. The summed E-state index contributed by atoms with van der Waals surface area (Å²) in [5.74, 6) is -0.365. The molecule has 0 saturated carbocycles. The Morgan fingerprint density at radius 1 is 1.30 bits per heavy atom. The van der Waals surface area contributed by atoms with Crippen molar-refractivity contribution in [3.05, 3.63) is 42.1 Å². The summed E-state index contributed by atoms with van der Waals surface area (Å²) >= 11 is 0. The minimum absolute atomic E-state index is 0.328. The molecule has 0 bridgehead atoms. The van der Waals surface area contributed by atoms with Crippen LogP contribution in [-0.2, 0) is 9.53 Å². The molecule has 2 atom stereocenters. The number of nitrogens with one attached hydrogen (secondary N) is 2. The van der Waals surface area contributed by atoms with Crippen LogP contribution in [0.2, 0.25) is 0 Å². The van der Waals surface area contributed by atoms with Gasteiger partial charge in [-0.05, 0) is 24.1 Å². The van der Waals surface area contributed by atoms with Gasteiger partial charge < -0.3 is 20.1 Å². The third-order valence-corrected chi connectivity index (χ3v) is 3.73. The summed E-state index contributed by atoms with van der Waals surface area (Å²) in [6, 6.07) is 6.42. The van der Waals surface area contributed by atoms with E-state index >= 15 is 0 Å². The Balaban J connectivity index is 2.17. The molecule has 1 aromatic carbocycles. The van der Waals surface area contributed by atoms with Crippen LogP contribution in [0.4, 0.5) is 4.79 Å². The average molecular weight is 318 g/mol. The summed E-state index contributed by atoms with van der Waals surface area (Å²) < 4.78 is 10.4. The van der Waals surface area contributed by atoms with Crippen LogP contribution in [0.1, 0.15) is 31.4 Å². The SMILES string of the molecule is C=C1NC(=O)N[C@@H](c2ccc(OCCCC)cc2)[C@H]1C(=O)OC. The van der Waals surface area contributed by atoms with E-state index in [0.29, 0.717) is 12.3 Å². The molecule has 1 saturated heterocycles. The average Bonchev–Trinajstić information content (AvgIpc) is 2.54. The minimum Gasteiger partial charge on any atom is -0.494 e. The number of amides is 2. The molecule has 0 unspecified atom stereocenters. The second-order valence-corrected chi connectivity index (χ2v) is 5.37. The molecule has 1 aromatic rings. The van der Waals surface area contributed by atoms with Crippen molar-refractivity contribution < 1.29 is 19.1 Å². The maximum atomic E-state index is 12.0. The molecule has 0 aliphatic carbocycles. The van der Waals surface area contributed by atoms with Crippen LogP contribution in [0, 0.1) is 5.92 Å². The van der Waals surface area contributed by atoms with E-state index in [-0.39, 0.29) is 6.03 Å². The first-order valence-electron chi connectivity index (χ1n) is 7.63. The topological polar surface area (TPSA) is 76.7 Å². The predicted molar refractivity (Wildman–Crippen MR) is 85.9 cm³/mol. The highest BCUT2D eigenvalue weighted by molar-refractivity contribution is 5.85. The van der Waals surface area contributed by atoms with Gasteiger partial charge in [-0.3, -0.25) is 4.79 Å². The van der Waals surface area contributed by atoms with Crippen molar-refractivity contribution in [3.8, 4) is 5.75 Å². The van der Waals surface area contributed by atoms with Crippen LogP contribution in [0.3, 0.4) is 0 Å². The summed E-state index contributed by atoms with van der Waals surface area (Å²) in [4.78, 5) is 23.7. The third-order valence-electron chi connectivity index (χ3n) is 3.73. The van der Waals surface area contributed by atoms with Gasteiger partial charge in [-0.25, -0.2) is 4.79 Å². The number of urea groups is 1. The third kappa shape index (κ3) is 4.03. The lowest BCUT2D eigenvalue weighted by Gasteiger charge is -2.33. The molecule has 0 radical (unpaired) electrons. The molecule has 6 nitrogen and oxygen atoms in total. The first-order chi connectivity index (χ1) is 11.1. The number of hydrogen-bond acceptors (Lipinski definition) is 4. The van der Waals surface area contributed by atoms with Gasteiger partial charge in [0.25, 0.3) is 0 Å². The summed E-state index contributed by atoms with van der Waals surface area (Å²) in [5.41, 5.74) is 1.12. The predicted octanol–water partition coefficient (Wildman–Crippen LogP) is 2.52. The lowest BCUT2D eigenvalue weighted by atomic mass is 9.89. The molecule has 1 aliphatic heterocycles. The van der Waals surface area contributed by atoms with Crippen molar-refractivity contribution >= 4 is 12.0 Å². The van der Waals surface area contributed by atoms with Crippen LogP contribution >= 0.6 is 0 Å². The van der Waals surface area contributed by atoms with Crippen LogP contribution in [0.15, 0.2) is 36.5 Å². The van der Waals surface area contributed by atoms with Gasteiger partial charge in [-0.1, -0.05) is 32.1 Å². The highest BCUT2D eigenvalue weighted by Gasteiger charge is 2.38. The van der Waals surface area contributed by atoms with E-state index in [1.807, 2.05) is 24.3 Å². The number of benzene rings is 1. The Bertz CT molecular complexity index is 583. The Morgan fingerprint density at radius 2 is 2.00 bits per heavy atom. The van der Waals surface area contributed by atoms with Crippen molar-refractivity contribution in [3.63, 3.8) is 0 Å². The number of unbranched alkanes of at least 4 members (excludes halogenated alkanes) is 1. The standard InChI is InChI=1S/C17H22N2O4/c1-4-5-10-23-13-8-6-12(7-9-13)15-14(16(20)22-3)11(2)18-17(21)19-15/h6-9,14-15H,2,4-5,10H2,1,3H3,(H2,18,19,21)/t14-,15-/m0/s1. The Kier molecular flexibility index (Phi) is 5.62. The Hall–Kier alpha value is -2.50. The Labute approximate surface area is 135 Å². The van der Waals surface area contributed by atoms with Crippen molar-refractivity contribution in [1.82, 2.24) is 10.6 Å². The summed E-state index contributed by atoms with van der Waals surface area (Å²) in [6.07, 6.45) is 2.07.